The van der Waals surface area contributed by atoms with Crippen molar-refractivity contribution in [1.82, 2.24) is 5.48 Å². The molecule has 0 radical (unpaired) electrons. The van der Waals surface area contributed by atoms with Crippen molar-refractivity contribution in [3.05, 3.63) is 59.7 Å². The highest BCUT2D eigenvalue weighted by molar-refractivity contribution is 8.02. The molecule has 2 N–H and O–H groups in total. The molecule has 0 bridgehead atoms. The SMILES string of the molecule is O=C=S(=O)(c1ccc(OCCCC2CCC(=O)c3ccccc3C(=O)C2)cc1)C1(C(=O)NO)CCOCC1. The van der Waals surface area contributed by atoms with Crippen LogP contribution in [0.4, 0.5) is 0 Å². The van der Waals surface area contributed by atoms with Crippen molar-refractivity contribution in [2.45, 2.75) is 54.6 Å². The van der Waals surface area contributed by atoms with Gasteiger partial charge in [-0.25, -0.2) is 10.3 Å². The van der Waals surface area contributed by atoms with Crippen LogP contribution in [0.15, 0.2) is 53.4 Å². The number of carbonyl (C=O) groups is 3. The minimum atomic E-state index is -3.65. The quantitative estimate of drug-likeness (QED) is 0.224. The number of hydroxylamine groups is 1. The number of fused-ring (bicyclic) bond motifs is 1. The molecule has 10 heteroatoms. The van der Waals surface area contributed by atoms with Gasteiger partial charge in [0.1, 0.15) is 10.5 Å². The number of benzene rings is 2. The Morgan fingerprint density at radius 1 is 1.08 bits per heavy atom. The molecule has 1 amide bonds. The van der Waals surface area contributed by atoms with Gasteiger partial charge in [0, 0.05) is 42.1 Å². The van der Waals surface area contributed by atoms with E-state index in [2.05, 4.69) is 0 Å². The maximum atomic E-state index is 13.8. The minimum Gasteiger partial charge on any atom is -0.494 e. The van der Waals surface area contributed by atoms with Crippen molar-refractivity contribution in [3.8, 4) is 5.75 Å². The van der Waals surface area contributed by atoms with Gasteiger partial charge in [0.15, 0.2) is 16.8 Å². The molecule has 9 nitrogen and oxygen atoms in total. The van der Waals surface area contributed by atoms with Gasteiger partial charge >= 0.3 is 0 Å². The second-order valence-electron chi connectivity index (χ2n) is 9.65. The maximum absolute atomic E-state index is 13.8. The molecule has 2 aromatic rings. The number of hydrogen-bond donors (Lipinski definition) is 2. The average molecular weight is 542 g/mol. The molecule has 0 aromatic heterocycles. The molecule has 0 saturated carbocycles. The third-order valence-electron chi connectivity index (χ3n) is 7.45. The number of Topliss-reactive ketones (excluding diaryl/α,β-unsaturated/α-hetero) is 2. The van der Waals surface area contributed by atoms with E-state index in [-0.39, 0.29) is 48.4 Å². The van der Waals surface area contributed by atoms with E-state index in [1.165, 1.54) is 12.1 Å². The van der Waals surface area contributed by atoms with E-state index < -0.39 is 20.2 Å². The zero-order valence-corrected chi connectivity index (χ0v) is 21.8. The lowest BCUT2D eigenvalue weighted by atomic mass is 9.84. The van der Waals surface area contributed by atoms with Crippen LogP contribution >= 0.6 is 0 Å². The first-order valence-corrected chi connectivity index (χ1v) is 14.2. The second kappa shape index (κ2) is 12.0. The van der Waals surface area contributed by atoms with E-state index in [4.69, 9.17) is 9.47 Å². The molecular formula is C28H31NO8S. The van der Waals surface area contributed by atoms with Crippen molar-refractivity contribution in [2.24, 2.45) is 5.92 Å². The summed E-state index contributed by atoms with van der Waals surface area (Å²) in [6.07, 6.45) is 2.87. The van der Waals surface area contributed by atoms with Crippen LogP contribution in [0.1, 0.15) is 65.7 Å². The van der Waals surface area contributed by atoms with E-state index >= 15 is 0 Å². The van der Waals surface area contributed by atoms with Gasteiger partial charge in [0.05, 0.1) is 16.1 Å². The van der Waals surface area contributed by atoms with Crippen molar-refractivity contribution in [2.75, 3.05) is 19.8 Å². The summed E-state index contributed by atoms with van der Waals surface area (Å²) < 4.78 is 23.3. The Kier molecular flexibility index (Phi) is 8.79. The van der Waals surface area contributed by atoms with Crippen LogP contribution < -0.4 is 10.2 Å². The molecule has 1 fully saturated rings. The van der Waals surface area contributed by atoms with Gasteiger partial charge in [0.2, 0.25) is 0 Å². The standard InChI is InChI=1S/C28H31NO8S/c30-19-38(35,28(27(33)29-34)13-16-36-17-14-28)22-10-8-21(9-11-22)37-15-3-4-20-7-12-25(31)23-5-1-2-6-24(23)26(32)18-20/h1-2,5-6,8-11,20,34H,3-4,7,12-18H2,(H,29,33). The Labute approximate surface area is 221 Å². The van der Waals surface area contributed by atoms with Gasteiger partial charge in [-0.3, -0.25) is 23.8 Å². The first kappa shape index (κ1) is 27.7. The topological polar surface area (TPSA) is 136 Å². The summed E-state index contributed by atoms with van der Waals surface area (Å²) in [5.41, 5.74) is 2.57. The molecule has 1 aliphatic carbocycles. The molecule has 2 aromatic carbocycles. The smallest absolute Gasteiger partial charge is 0.262 e. The predicted octanol–water partition coefficient (Wildman–Crippen LogP) is 3.48. The van der Waals surface area contributed by atoms with Crippen molar-refractivity contribution in [1.29, 1.82) is 0 Å². The lowest BCUT2D eigenvalue weighted by Crippen LogP contribution is -2.55. The van der Waals surface area contributed by atoms with Gasteiger partial charge in [-0.2, -0.15) is 0 Å². The molecule has 2 aliphatic rings. The van der Waals surface area contributed by atoms with Crippen LogP contribution in [0.2, 0.25) is 0 Å². The summed E-state index contributed by atoms with van der Waals surface area (Å²) in [7, 11) is -3.65. The molecule has 2 unspecified atom stereocenters. The first-order chi connectivity index (χ1) is 18.3. The highest BCUT2D eigenvalue weighted by Crippen LogP contribution is 2.36. The molecule has 0 spiro atoms. The van der Waals surface area contributed by atoms with Crippen LogP contribution in [-0.4, -0.2) is 56.7 Å². The van der Waals surface area contributed by atoms with Crippen molar-refractivity contribution >= 4 is 32.2 Å². The second-order valence-corrected chi connectivity index (χ2v) is 12.2. The van der Waals surface area contributed by atoms with Gasteiger partial charge in [-0.15, -0.1) is 0 Å². The molecule has 202 valence electrons. The molecule has 1 heterocycles. The van der Waals surface area contributed by atoms with Gasteiger partial charge in [-0.05, 0) is 62.3 Å². The largest absolute Gasteiger partial charge is 0.494 e. The van der Waals surface area contributed by atoms with Crippen LogP contribution in [0.25, 0.3) is 0 Å². The summed E-state index contributed by atoms with van der Waals surface area (Å²) in [5, 5.41) is 10.9. The Morgan fingerprint density at radius 3 is 2.37 bits per heavy atom. The summed E-state index contributed by atoms with van der Waals surface area (Å²) in [4.78, 5) is 49.9. The number of nitrogens with one attached hydrogen (secondary N) is 1. The number of rotatable bonds is 8. The molecule has 4 rings (SSSR count). The van der Waals surface area contributed by atoms with Gasteiger partial charge in [-0.1, -0.05) is 24.3 Å². The van der Waals surface area contributed by atoms with Gasteiger partial charge in [0.25, 0.3) is 5.91 Å². The third kappa shape index (κ3) is 5.44. The highest BCUT2D eigenvalue weighted by atomic mass is 32.2. The average Bonchev–Trinajstić information content (AvgIpc) is 2.96. The van der Waals surface area contributed by atoms with Crippen LogP contribution in [0.5, 0.6) is 5.75 Å². The van der Waals surface area contributed by atoms with Crippen LogP contribution in [0.3, 0.4) is 0 Å². The third-order valence-corrected chi connectivity index (χ3v) is 10.3. The maximum Gasteiger partial charge on any atom is 0.262 e. The van der Waals surface area contributed by atoms with Gasteiger partial charge < -0.3 is 9.47 Å². The fraction of sp³-hybridized carbons (Fsp3) is 0.429. The van der Waals surface area contributed by atoms with Crippen molar-refractivity contribution < 1.29 is 38.1 Å². The molecular weight excluding hydrogens is 510 g/mol. The summed E-state index contributed by atoms with van der Waals surface area (Å²) in [5.74, 6) is -0.327. The van der Waals surface area contributed by atoms with E-state index in [0.717, 1.165) is 6.42 Å². The Balaban J connectivity index is 1.36. The first-order valence-electron chi connectivity index (χ1n) is 12.7. The highest BCUT2D eigenvalue weighted by Gasteiger charge is 2.50. The minimum absolute atomic E-state index is 0.00172. The lowest BCUT2D eigenvalue weighted by Gasteiger charge is -2.36. The molecule has 38 heavy (non-hydrogen) atoms. The van der Waals surface area contributed by atoms with E-state index in [1.54, 1.807) is 47.1 Å². The fourth-order valence-electron chi connectivity index (χ4n) is 5.25. The predicted molar refractivity (Wildman–Crippen MR) is 138 cm³/mol. The number of amides is 1. The number of ketones is 2. The number of carbonyl (C=O) groups excluding carboxylic acids is 4. The molecule has 1 saturated heterocycles. The normalized spacial score (nSPS) is 20.7. The van der Waals surface area contributed by atoms with E-state index in [0.29, 0.717) is 49.2 Å². The van der Waals surface area contributed by atoms with E-state index in [1.807, 2.05) is 0 Å². The number of hydrogen-bond acceptors (Lipinski definition) is 8. The Hall–Kier alpha value is -3.30. The lowest BCUT2D eigenvalue weighted by molar-refractivity contribution is -0.134. The zero-order chi connectivity index (χ0) is 27.2. The number of ether oxygens (including phenoxy) is 2. The van der Waals surface area contributed by atoms with Crippen LogP contribution in [0, 0.1) is 5.92 Å². The zero-order valence-electron chi connectivity index (χ0n) is 21.0. The Bertz CT molecular complexity index is 1330. The Morgan fingerprint density at radius 2 is 1.74 bits per heavy atom. The fourth-order valence-corrected chi connectivity index (χ4v) is 7.53. The summed E-state index contributed by atoms with van der Waals surface area (Å²) in [6.45, 7) is 0.624. The molecule has 1 aliphatic heterocycles. The monoisotopic (exact) mass is 541 g/mol. The van der Waals surface area contributed by atoms with E-state index in [9.17, 15) is 28.6 Å². The summed E-state index contributed by atoms with van der Waals surface area (Å²) >= 11 is 0. The van der Waals surface area contributed by atoms with Crippen molar-refractivity contribution in [3.63, 3.8) is 0 Å². The molecule has 2 atom stereocenters. The van der Waals surface area contributed by atoms with Crippen LogP contribution in [-0.2, 0) is 23.8 Å². The summed E-state index contributed by atoms with van der Waals surface area (Å²) in [6, 6.07) is 13.1.